The summed E-state index contributed by atoms with van der Waals surface area (Å²) in [6, 6.07) is 0.588. The minimum atomic E-state index is 0.588. The largest absolute Gasteiger partial charge is 0.375 e. The van der Waals surface area contributed by atoms with Gasteiger partial charge in [-0.3, -0.25) is 4.90 Å². The highest BCUT2D eigenvalue weighted by atomic mass is 32.1. The molecule has 94 valence electrons. The Morgan fingerprint density at radius 1 is 1.47 bits per heavy atom. The molecule has 1 saturated heterocycles. The van der Waals surface area contributed by atoms with Crippen molar-refractivity contribution < 1.29 is 0 Å². The van der Waals surface area contributed by atoms with Crippen molar-refractivity contribution in [3.63, 3.8) is 0 Å². The van der Waals surface area contributed by atoms with Crippen molar-refractivity contribution in [2.24, 2.45) is 0 Å². The fourth-order valence-corrected chi connectivity index (χ4v) is 4.12. The minimum Gasteiger partial charge on any atom is -0.375 e. The number of nitrogens with zero attached hydrogens (tertiary/aromatic N) is 3. The number of hydrogen-bond donors (Lipinski definition) is 1. The molecule has 1 aromatic rings. The summed E-state index contributed by atoms with van der Waals surface area (Å²) >= 11 is 1.70. The highest BCUT2D eigenvalue weighted by Gasteiger charge is 2.40. The minimum absolute atomic E-state index is 0.588. The zero-order valence-corrected chi connectivity index (χ0v) is 11.3. The van der Waals surface area contributed by atoms with Crippen molar-refractivity contribution in [2.45, 2.75) is 24.8 Å². The second-order valence-corrected chi connectivity index (χ2v) is 6.45. The number of thiazole rings is 1. The Balaban J connectivity index is 1.81. The first kappa shape index (κ1) is 11.4. The summed E-state index contributed by atoms with van der Waals surface area (Å²) in [5.74, 6) is 0.630. The molecule has 0 saturated carbocycles. The van der Waals surface area contributed by atoms with Gasteiger partial charge >= 0.3 is 0 Å². The molecule has 0 aromatic carbocycles. The topological polar surface area (TPSA) is 45.4 Å². The molecule has 1 aromatic heterocycles. The van der Waals surface area contributed by atoms with Gasteiger partial charge in [0, 0.05) is 36.5 Å². The van der Waals surface area contributed by atoms with Crippen LogP contribution in [0.15, 0.2) is 0 Å². The van der Waals surface area contributed by atoms with E-state index in [2.05, 4.69) is 28.9 Å². The van der Waals surface area contributed by atoms with E-state index in [-0.39, 0.29) is 0 Å². The molecule has 2 atom stereocenters. The van der Waals surface area contributed by atoms with Crippen LogP contribution >= 0.6 is 11.3 Å². The number of fused-ring (bicyclic) bond motifs is 2. The third-order valence-electron chi connectivity index (χ3n) is 3.91. The van der Waals surface area contributed by atoms with E-state index < -0.39 is 0 Å². The molecule has 0 radical (unpaired) electrons. The van der Waals surface area contributed by atoms with Crippen molar-refractivity contribution in [1.82, 2.24) is 14.8 Å². The lowest BCUT2D eigenvalue weighted by atomic mass is 9.82. The highest BCUT2D eigenvalue weighted by molar-refractivity contribution is 7.15. The van der Waals surface area contributed by atoms with Gasteiger partial charge in [0.1, 0.15) is 0 Å². The van der Waals surface area contributed by atoms with Crippen LogP contribution in [0.1, 0.15) is 35.4 Å². The Morgan fingerprint density at radius 2 is 2.29 bits per heavy atom. The molecule has 0 spiro atoms. The van der Waals surface area contributed by atoms with Crippen LogP contribution in [0.3, 0.4) is 0 Å². The Labute approximate surface area is 106 Å². The van der Waals surface area contributed by atoms with Crippen LogP contribution < -0.4 is 5.73 Å². The lowest BCUT2D eigenvalue weighted by Crippen LogP contribution is -2.44. The van der Waals surface area contributed by atoms with Gasteiger partial charge < -0.3 is 10.6 Å². The molecule has 1 fully saturated rings. The number of likely N-dealkylation sites (N-methyl/N-ethyl adjacent to an activating group) is 1. The summed E-state index contributed by atoms with van der Waals surface area (Å²) in [6.45, 7) is 3.47. The lowest BCUT2D eigenvalue weighted by molar-refractivity contribution is 0.105. The number of piperidine rings is 1. The zero-order chi connectivity index (χ0) is 12.0. The first-order valence-corrected chi connectivity index (χ1v) is 7.11. The van der Waals surface area contributed by atoms with E-state index in [1.807, 2.05) is 0 Å². The van der Waals surface area contributed by atoms with Gasteiger partial charge in [0.15, 0.2) is 5.13 Å². The molecule has 3 aliphatic rings. The fourth-order valence-electron chi connectivity index (χ4n) is 3.03. The van der Waals surface area contributed by atoms with Crippen molar-refractivity contribution in [2.75, 3.05) is 39.5 Å². The third-order valence-corrected chi connectivity index (χ3v) is 4.91. The van der Waals surface area contributed by atoms with Crippen LogP contribution in [-0.4, -0.2) is 48.5 Å². The third kappa shape index (κ3) is 1.96. The van der Waals surface area contributed by atoms with Gasteiger partial charge in [-0.1, -0.05) is 0 Å². The molecule has 0 amide bonds. The SMILES string of the molecule is CN(C)CCN1CC2CCC1c1sc(N)nc12. The molecule has 2 N–H and O–H groups in total. The molecule has 4 nitrogen and oxygen atoms in total. The van der Waals surface area contributed by atoms with Crippen LogP contribution in [0, 0.1) is 0 Å². The van der Waals surface area contributed by atoms with Crippen LogP contribution in [0.2, 0.25) is 0 Å². The number of anilines is 1. The van der Waals surface area contributed by atoms with E-state index in [1.165, 1.54) is 30.0 Å². The summed E-state index contributed by atoms with van der Waals surface area (Å²) in [5, 5.41) is 0.751. The molecular formula is C12H20N4S. The van der Waals surface area contributed by atoms with E-state index >= 15 is 0 Å². The van der Waals surface area contributed by atoms with Crippen molar-refractivity contribution in [3.8, 4) is 0 Å². The molecule has 4 rings (SSSR count). The second-order valence-electron chi connectivity index (χ2n) is 5.39. The van der Waals surface area contributed by atoms with Gasteiger partial charge in [-0.15, -0.1) is 11.3 Å². The standard InChI is InChI=1S/C12H20N4S/c1-15(2)5-6-16-7-8-3-4-9(16)11-10(8)14-12(13)17-11/h8-9H,3-7H2,1-2H3,(H2,13,14). The van der Waals surface area contributed by atoms with Crippen LogP contribution in [0.5, 0.6) is 0 Å². The second kappa shape index (κ2) is 4.23. The highest BCUT2D eigenvalue weighted by Crippen LogP contribution is 2.49. The molecule has 2 aliphatic heterocycles. The van der Waals surface area contributed by atoms with Gasteiger partial charge in [0.05, 0.1) is 5.69 Å². The number of nitrogen functional groups attached to an aromatic ring is 1. The Kier molecular flexibility index (Phi) is 2.84. The maximum absolute atomic E-state index is 5.86. The van der Waals surface area contributed by atoms with Crippen LogP contribution in [0.4, 0.5) is 5.13 Å². The lowest BCUT2D eigenvalue weighted by Gasteiger charge is -2.44. The smallest absolute Gasteiger partial charge is 0.180 e. The summed E-state index contributed by atoms with van der Waals surface area (Å²) in [5.41, 5.74) is 7.17. The molecule has 17 heavy (non-hydrogen) atoms. The van der Waals surface area contributed by atoms with E-state index in [0.717, 1.165) is 18.2 Å². The van der Waals surface area contributed by atoms with Crippen LogP contribution in [-0.2, 0) is 0 Å². The fraction of sp³-hybridized carbons (Fsp3) is 0.750. The van der Waals surface area contributed by atoms with Crippen molar-refractivity contribution >= 4 is 16.5 Å². The Hall–Kier alpha value is -0.650. The molecule has 2 unspecified atom stereocenters. The predicted octanol–water partition coefficient (Wildman–Crippen LogP) is 1.52. The van der Waals surface area contributed by atoms with Crippen LogP contribution in [0.25, 0.3) is 0 Å². The quantitative estimate of drug-likeness (QED) is 0.886. The first-order chi connectivity index (χ1) is 8.15. The van der Waals surface area contributed by atoms with E-state index in [4.69, 9.17) is 5.73 Å². The molecule has 5 heteroatoms. The first-order valence-electron chi connectivity index (χ1n) is 6.30. The molecule has 1 aliphatic carbocycles. The number of aromatic nitrogens is 1. The number of nitrogens with two attached hydrogens (primary N) is 1. The average Bonchev–Trinajstić information content (AvgIpc) is 2.70. The maximum Gasteiger partial charge on any atom is 0.180 e. The average molecular weight is 252 g/mol. The molecular weight excluding hydrogens is 232 g/mol. The van der Waals surface area contributed by atoms with Gasteiger partial charge in [-0.05, 0) is 26.9 Å². The van der Waals surface area contributed by atoms with E-state index in [1.54, 1.807) is 11.3 Å². The van der Waals surface area contributed by atoms with Gasteiger partial charge in [-0.25, -0.2) is 4.98 Å². The predicted molar refractivity (Wildman–Crippen MR) is 71.4 cm³/mol. The van der Waals surface area contributed by atoms with Gasteiger partial charge in [0.25, 0.3) is 0 Å². The monoisotopic (exact) mass is 252 g/mol. The summed E-state index contributed by atoms with van der Waals surface area (Å²) in [6.07, 6.45) is 2.58. The summed E-state index contributed by atoms with van der Waals surface area (Å²) < 4.78 is 0. The van der Waals surface area contributed by atoms with E-state index in [0.29, 0.717) is 12.0 Å². The van der Waals surface area contributed by atoms with Gasteiger partial charge in [0.2, 0.25) is 0 Å². The van der Waals surface area contributed by atoms with Crippen molar-refractivity contribution in [1.29, 1.82) is 0 Å². The number of rotatable bonds is 3. The van der Waals surface area contributed by atoms with Gasteiger partial charge in [-0.2, -0.15) is 0 Å². The zero-order valence-electron chi connectivity index (χ0n) is 10.5. The molecule has 3 heterocycles. The Bertz CT molecular complexity index is 415. The van der Waals surface area contributed by atoms with E-state index in [9.17, 15) is 0 Å². The molecule has 2 bridgehead atoms. The summed E-state index contributed by atoms with van der Waals surface area (Å²) in [7, 11) is 4.27. The van der Waals surface area contributed by atoms with Crippen molar-refractivity contribution in [3.05, 3.63) is 10.6 Å². The number of hydrogen-bond acceptors (Lipinski definition) is 5. The normalized spacial score (nSPS) is 27.7. The summed E-state index contributed by atoms with van der Waals surface area (Å²) in [4.78, 5) is 10.8. The Morgan fingerprint density at radius 3 is 3.06 bits per heavy atom. The maximum atomic E-state index is 5.86.